The summed E-state index contributed by atoms with van der Waals surface area (Å²) < 4.78 is 5.80. The SMILES string of the molecule is CCOc1ccc(C(=O)Nc2c(CC)cccc2CC)cc1CSc1ccc(Cl)cc1. The van der Waals surface area contributed by atoms with Crippen molar-refractivity contribution in [2.75, 3.05) is 11.9 Å². The van der Waals surface area contributed by atoms with Gasteiger partial charge in [-0.25, -0.2) is 0 Å². The molecule has 0 fully saturated rings. The van der Waals surface area contributed by atoms with Crippen LogP contribution in [0.5, 0.6) is 5.75 Å². The largest absolute Gasteiger partial charge is 0.494 e. The van der Waals surface area contributed by atoms with E-state index < -0.39 is 0 Å². The lowest BCUT2D eigenvalue weighted by molar-refractivity contribution is 0.102. The van der Waals surface area contributed by atoms with E-state index in [1.165, 1.54) is 0 Å². The van der Waals surface area contributed by atoms with Gasteiger partial charge in [-0.15, -0.1) is 11.8 Å². The van der Waals surface area contributed by atoms with E-state index in [1.54, 1.807) is 11.8 Å². The Kier molecular flexibility index (Phi) is 8.44. The minimum Gasteiger partial charge on any atom is -0.494 e. The molecule has 0 bridgehead atoms. The Labute approximate surface area is 194 Å². The van der Waals surface area contributed by atoms with Crippen LogP contribution in [0.15, 0.2) is 65.6 Å². The predicted molar refractivity (Wildman–Crippen MR) is 132 cm³/mol. The van der Waals surface area contributed by atoms with E-state index >= 15 is 0 Å². The molecule has 31 heavy (non-hydrogen) atoms. The fourth-order valence-corrected chi connectivity index (χ4v) is 4.41. The van der Waals surface area contributed by atoms with Gasteiger partial charge < -0.3 is 10.1 Å². The van der Waals surface area contributed by atoms with Crippen LogP contribution in [0.4, 0.5) is 5.69 Å². The number of carbonyl (C=O) groups is 1. The number of amides is 1. The first kappa shape index (κ1) is 23.2. The molecule has 0 aliphatic carbocycles. The maximum atomic E-state index is 13.1. The topological polar surface area (TPSA) is 38.3 Å². The third-order valence-corrected chi connectivity index (χ3v) is 6.38. The molecule has 0 radical (unpaired) electrons. The van der Waals surface area contributed by atoms with Crippen molar-refractivity contribution in [2.24, 2.45) is 0 Å². The molecule has 0 atom stereocenters. The highest BCUT2D eigenvalue weighted by molar-refractivity contribution is 7.98. The highest BCUT2D eigenvalue weighted by Crippen LogP contribution is 2.30. The molecule has 162 valence electrons. The van der Waals surface area contributed by atoms with Gasteiger partial charge in [0.2, 0.25) is 0 Å². The van der Waals surface area contributed by atoms with Crippen molar-refractivity contribution in [3.63, 3.8) is 0 Å². The van der Waals surface area contributed by atoms with E-state index in [9.17, 15) is 4.79 Å². The van der Waals surface area contributed by atoms with Crippen molar-refractivity contribution in [1.82, 2.24) is 0 Å². The number of para-hydroxylation sites is 1. The zero-order valence-electron chi connectivity index (χ0n) is 18.2. The van der Waals surface area contributed by atoms with E-state index in [2.05, 4.69) is 37.4 Å². The van der Waals surface area contributed by atoms with Gasteiger partial charge in [-0.1, -0.05) is 43.6 Å². The van der Waals surface area contributed by atoms with Crippen molar-refractivity contribution < 1.29 is 9.53 Å². The molecule has 0 saturated carbocycles. The van der Waals surface area contributed by atoms with Crippen LogP contribution in [0.3, 0.4) is 0 Å². The second-order valence-corrected chi connectivity index (χ2v) is 8.60. The Morgan fingerprint density at radius 1 is 0.935 bits per heavy atom. The summed E-state index contributed by atoms with van der Waals surface area (Å²) in [7, 11) is 0. The number of carbonyl (C=O) groups excluding carboxylic acids is 1. The Morgan fingerprint density at radius 3 is 2.23 bits per heavy atom. The van der Waals surface area contributed by atoms with Gasteiger partial charge in [0.05, 0.1) is 6.61 Å². The van der Waals surface area contributed by atoms with E-state index in [0.29, 0.717) is 17.9 Å². The maximum Gasteiger partial charge on any atom is 0.255 e. The summed E-state index contributed by atoms with van der Waals surface area (Å²) in [5.41, 5.74) is 4.86. The van der Waals surface area contributed by atoms with Gasteiger partial charge in [0.15, 0.2) is 0 Å². The van der Waals surface area contributed by atoms with Gasteiger partial charge in [-0.05, 0) is 73.4 Å². The smallest absolute Gasteiger partial charge is 0.255 e. The minimum atomic E-state index is -0.101. The number of anilines is 1. The van der Waals surface area contributed by atoms with Crippen molar-refractivity contribution in [3.8, 4) is 5.75 Å². The van der Waals surface area contributed by atoms with Crippen LogP contribution < -0.4 is 10.1 Å². The summed E-state index contributed by atoms with van der Waals surface area (Å²) >= 11 is 7.68. The zero-order chi connectivity index (χ0) is 22.2. The van der Waals surface area contributed by atoms with Crippen LogP contribution in [0, 0.1) is 0 Å². The number of ether oxygens (including phenoxy) is 1. The molecule has 0 aliphatic rings. The molecular weight excluding hydrogens is 426 g/mol. The van der Waals surface area contributed by atoms with Crippen molar-refractivity contribution >= 4 is 35.0 Å². The molecule has 3 rings (SSSR count). The number of halogens is 1. The molecule has 0 heterocycles. The van der Waals surface area contributed by atoms with E-state index in [4.69, 9.17) is 16.3 Å². The molecule has 1 N–H and O–H groups in total. The molecule has 5 heteroatoms. The lowest BCUT2D eigenvalue weighted by atomic mass is 10.0. The third kappa shape index (κ3) is 6.05. The number of hydrogen-bond donors (Lipinski definition) is 1. The molecule has 0 aliphatic heterocycles. The number of hydrogen-bond acceptors (Lipinski definition) is 3. The summed E-state index contributed by atoms with van der Waals surface area (Å²) in [5, 5.41) is 3.87. The number of benzene rings is 3. The summed E-state index contributed by atoms with van der Waals surface area (Å²) in [5.74, 6) is 1.41. The maximum absolute atomic E-state index is 13.1. The first-order valence-electron chi connectivity index (χ1n) is 10.6. The van der Waals surface area contributed by atoms with Crippen LogP contribution in [0.1, 0.15) is 47.8 Å². The molecule has 0 saturated heterocycles. The molecule has 0 spiro atoms. The fourth-order valence-electron chi connectivity index (χ4n) is 3.41. The van der Waals surface area contributed by atoms with Crippen molar-refractivity contribution in [1.29, 1.82) is 0 Å². The Morgan fingerprint density at radius 2 is 1.61 bits per heavy atom. The standard InChI is InChI=1S/C26H28ClNO2S/c1-4-18-8-7-9-19(5-2)25(18)28-26(29)20-10-15-24(30-6-3)21(16-20)17-31-23-13-11-22(27)12-14-23/h7-16H,4-6,17H2,1-3H3,(H,28,29). The summed E-state index contributed by atoms with van der Waals surface area (Å²) in [6, 6.07) is 19.6. The predicted octanol–water partition coefficient (Wildman–Crippen LogP) is 7.41. The summed E-state index contributed by atoms with van der Waals surface area (Å²) in [6.07, 6.45) is 1.74. The van der Waals surface area contributed by atoms with E-state index in [0.717, 1.165) is 50.9 Å². The molecule has 0 aromatic heterocycles. The fraction of sp³-hybridized carbons (Fsp3) is 0.269. The number of rotatable bonds is 9. The second kappa shape index (κ2) is 11.3. The van der Waals surface area contributed by atoms with Crippen LogP contribution in [0.2, 0.25) is 5.02 Å². The molecule has 1 amide bonds. The van der Waals surface area contributed by atoms with Gasteiger partial charge in [-0.2, -0.15) is 0 Å². The molecular formula is C26H28ClNO2S. The highest BCUT2D eigenvalue weighted by atomic mass is 35.5. The van der Waals surface area contributed by atoms with Gasteiger partial charge in [0.25, 0.3) is 5.91 Å². The highest BCUT2D eigenvalue weighted by Gasteiger charge is 2.14. The second-order valence-electron chi connectivity index (χ2n) is 7.11. The Bertz CT molecular complexity index is 1010. The van der Waals surface area contributed by atoms with Gasteiger partial charge in [-0.3, -0.25) is 4.79 Å². The quantitative estimate of drug-likeness (QED) is 0.343. The van der Waals surface area contributed by atoms with Crippen molar-refractivity contribution in [3.05, 3.63) is 87.9 Å². The van der Waals surface area contributed by atoms with Crippen LogP contribution >= 0.6 is 23.4 Å². The summed E-state index contributed by atoms with van der Waals surface area (Å²) in [6.45, 7) is 6.75. The normalized spacial score (nSPS) is 10.7. The van der Waals surface area contributed by atoms with Crippen LogP contribution in [0.25, 0.3) is 0 Å². The Hall–Kier alpha value is -2.43. The van der Waals surface area contributed by atoms with Crippen LogP contribution in [-0.4, -0.2) is 12.5 Å². The van der Waals surface area contributed by atoms with E-state index in [-0.39, 0.29) is 5.91 Å². The minimum absolute atomic E-state index is 0.101. The molecule has 0 unspecified atom stereocenters. The average molecular weight is 454 g/mol. The Balaban J connectivity index is 1.83. The zero-order valence-corrected chi connectivity index (χ0v) is 19.8. The van der Waals surface area contributed by atoms with Gasteiger partial charge in [0, 0.05) is 32.5 Å². The number of nitrogens with one attached hydrogen (secondary N) is 1. The monoisotopic (exact) mass is 453 g/mol. The number of thioether (sulfide) groups is 1. The average Bonchev–Trinajstić information content (AvgIpc) is 2.79. The molecule has 3 aromatic rings. The van der Waals surface area contributed by atoms with Gasteiger partial charge >= 0.3 is 0 Å². The van der Waals surface area contributed by atoms with E-state index in [1.807, 2.05) is 49.4 Å². The number of aryl methyl sites for hydroxylation is 2. The third-order valence-electron chi connectivity index (χ3n) is 5.07. The first-order valence-corrected chi connectivity index (χ1v) is 12.0. The lowest BCUT2D eigenvalue weighted by Crippen LogP contribution is -2.15. The first-order chi connectivity index (χ1) is 15.0. The molecule has 3 nitrogen and oxygen atoms in total. The summed E-state index contributed by atoms with van der Waals surface area (Å²) in [4.78, 5) is 14.2. The molecule has 3 aromatic carbocycles. The van der Waals surface area contributed by atoms with Gasteiger partial charge in [0.1, 0.15) is 5.75 Å². The lowest BCUT2D eigenvalue weighted by Gasteiger charge is -2.16. The van der Waals surface area contributed by atoms with Crippen molar-refractivity contribution in [2.45, 2.75) is 44.3 Å². The van der Waals surface area contributed by atoms with Crippen LogP contribution in [-0.2, 0) is 18.6 Å².